The van der Waals surface area contributed by atoms with Crippen LogP contribution in [0.4, 0.5) is 4.39 Å². The minimum absolute atomic E-state index is 0.670. The third-order valence-electron chi connectivity index (χ3n) is 2.44. The first-order valence-electron chi connectivity index (χ1n) is 4.61. The van der Waals surface area contributed by atoms with Crippen molar-refractivity contribution < 1.29 is 4.39 Å². The molecule has 0 unspecified atom stereocenters. The number of alkyl halides is 1. The van der Waals surface area contributed by atoms with Gasteiger partial charge in [-0.05, 0) is 13.0 Å². The lowest BCUT2D eigenvalue weighted by atomic mass is 9.90. The number of hydrogen-bond donors (Lipinski definition) is 0. The smallest absolute Gasteiger partial charge is 0.136 e. The summed E-state index contributed by atoms with van der Waals surface area (Å²) in [7, 11) is 0. The summed E-state index contributed by atoms with van der Waals surface area (Å²) >= 11 is 0. The molecule has 2 heteroatoms. The van der Waals surface area contributed by atoms with Gasteiger partial charge in [-0.1, -0.05) is 26.7 Å². The molecule has 11 heavy (non-hydrogen) atoms. The van der Waals surface area contributed by atoms with Crippen molar-refractivity contribution in [1.29, 1.82) is 0 Å². The van der Waals surface area contributed by atoms with Gasteiger partial charge in [-0.3, -0.25) is 4.90 Å². The van der Waals surface area contributed by atoms with Gasteiger partial charge in [-0.2, -0.15) is 0 Å². The maximum Gasteiger partial charge on any atom is 0.136 e. The van der Waals surface area contributed by atoms with Crippen LogP contribution >= 0.6 is 0 Å². The molecule has 1 nitrogen and oxygen atoms in total. The topological polar surface area (TPSA) is 3.24 Å². The second kappa shape index (κ2) is 3.53. The summed E-state index contributed by atoms with van der Waals surface area (Å²) in [5, 5.41) is 0. The molecule has 0 saturated carbocycles. The molecule has 0 aliphatic carbocycles. The molecule has 0 radical (unpaired) electrons. The molecule has 0 N–H and O–H groups in total. The second-order valence-electron chi connectivity index (χ2n) is 3.56. The maximum absolute atomic E-state index is 13.5. The molecule has 0 aromatic carbocycles. The summed E-state index contributed by atoms with van der Waals surface area (Å²) in [4.78, 5) is 2.15. The second-order valence-corrected chi connectivity index (χ2v) is 3.56. The standard InChI is InChI=1S/C9H18FN/c1-3-5-6-9(10)7-11(4-2)8-9/h3-8H2,1-2H3. The summed E-state index contributed by atoms with van der Waals surface area (Å²) in [6, 6.07) is 0. The van der Waals surface area contributed by atoms with Crippen LogP contribution < -0.4 is 0 Å². The van der Waals surface area contributed by atoms with Crippen molar-refractivity contribution in [3.8, 4) is 0 Å². The summed E-state index contributed by atoms with van der Waals surface area (Å²) in [6.45, 7) is 6.53. The fraction of sp³-hybridized carbons (Fsp3) is 1.00. The summed E-state index contributed by atoms with van der Waals surface area (Å²) in [5.41, 5.74) is -0.827. The predicted molar refractivity (Wildman–Crippen MR) is 45.5 cm³/mol. The van der Waals surface area contributed by atoms with E-state index in [2.05, 4.69) is 18.7 Å². The lowest BCUT2D eigenvalue weighted by Gasteiger charge is -2.44. The minimum Gasteiger partial charge on any atom is -0.297 e. The SMILES string of the molecule is CCCCC1(F)CN(CC)C1. The van der Waals surface area contributed by atoms with Crippen LogP contribution in [-0.4, -0.2) is 30.2 Å². The van der Waals surface area contributed by atoms with Crippen molar-refractivity contribution in [1.82, 2.24) is 4.90 Å². The van der Waals surface area contributed by atoms with Crippen molar-refractivity contribution >= 4 is 0 Å². The van der Waals surface area contributed by atoms with Gasteiger partial charge in [0.1, 0.15) is 5.67 Å². The number of nitrogens with zero attached hydrogens (tertiary/aromatic N) is 1. The molecule has 1 saturated heterocycles. The fourth-order valence-corrected chi connectivity index (χ4v) is 1.63. The van der Waals surface area contributed by atoms with Crippen molar-refractivity contribution in [2.45, 2.75) is 38.8 Å². The van der Waals surface area contributed by atoms with Crippen LogP contribution in [0.25, 0.3) is 0 Å². The molecule has 0 atom stereocenters. The van der Waals surface area contributed by atoms with Gasteiger partial charge in [0.2, 0.25) is 0 Å². The van der Waals surface area contributed by atoms with E-state index in [1.807, 2.05) is 0 Å². The van der Waals surface area contributed by atoms with Crippen molar-refractivity contribution in [2.24, 2.45) is 0 Å². The number of rotatable bonds is 4. The molecule has 1 aliphatic rings. The van der Waals surface area contributed by atoms with E-state index in [9.17, 15) is 4.39 Å². The molecule has 1 aliphatic heterocycles. The Balaban J connectivity index is 2.15. The Hall–Kier alpha value is -0.110. The lowest BCUT2D eigenvalue weighted by molar-refractivity contribution is -0.0358. The zero-order chi connectivity index (χ0) is 8.32. The van der Waals surface area contributed by atoms with E-state index >= 15 is 0 Å². The minimum atomic E-state index is -0.827. The highest BCUT2D eigenvalue weighted by atomic mass is 19.1. The number of likely N-dealkylation sites (tertiary alicyclic amines) is 1. The average Bonchev–Trinajstić information content (AvgIpc) is 1.95. The normalized spacial score (nSPS) is 23.2. The van der Waals surface area contributed by atoms with E-state index in [1.165, 1.54) is 0 Å². The highest BCUT2D eigenvalue weighted by Crippen LogP contribution is 2.29. The van der Waals surface area contributed by atoms with E-state index in [4.69, 9.17) is 0 Å². The molecular formula is C9H18FN. The van der Waals surface area contributed by atoms with Gasteiger partial charge in [0, 0.05) is 13.1 Å². The zero-order valence-corrected chi connectivity index (χ0v) is 7.57. The van der Waals surface area contributed by atoms with Crippen LogP contribution in [0.15, 0.2) is 0 Å². The lowest BCUT2D eigenvalue weighted by Crippen LogP contribution is -2.58. The van der Waals surface area contributed by atoms with Crippen molar-refractivity contribution in [3.63, 3.8) is 0 Å². The van der Waals surface area contributed by atoms with E-state index < -0.39 is 5.67 Å². The van der Waals surface area contributed by atoms with Crippen LogP contribution in [0.2, 0.25) is 0 Å². The van der Waals surface area contributed by atoms with Gasteiger partial charge >= 0.3 is 0 Å². The van der Waals surface area contributed by atoms with E-state index in [-0.39, 0.29) is 0 Å². The molecule has 0 amide bonds. The van der Waals surface area contributed by atoms with Gasteiger partial charge in [-0.15, -0.1) is 0 Å². The summed E-state index contributed by atoms with van der Waals surface area (Å²) in [5.74, 6) is 0. The number of halogens is 1. The third-order valence-corrected chi connectivity index (χ3v) is 2.44. The van der Waals surface area contributed by atoms with Crippen LogP contribution in [0.1, 0.15) is 33.1 Å². The first-order valence-corrected chi connectivity index (χ1v) is 4.61. The molecule has 0 spiro atoms. The van der Waals surface area contributed by atoms with Gasteiger partial charge in [-0.25, -0.2) is 4.39 Å². The quantitative estimate of drug-likeness (QED) is 0.608. The van der Waals surface area contributed by atoms with Crippen LogP contribution in [0.5, 0.6) is 0 Å². The molecular weight excluding hydrogens is 141 g/mol. The third kappa shape index (κ3) is 2.16. The van der Waals surface area contributed by atoms with Crippen molar-refractivity contribution in [2.75, 3.05) is 19.6 Å². The molecule has 66 valence electrons. The van der Waals surface area contributed by atoms with Crippen LogP contribution in [0.3, 0.4) is 0 Å². The van der Waals surface area contributed by atoms with E-state index in [0.717, 1.165) is 25.8 Å². The largest absolute Gasteiger partial charge is 0.297 e. The Morgan fingerprint density at radius 2 is 2.00 bits per heavy atom. The molecule has 0 aromatic heterocycles. The monoisotopic (exact) mass is 159 g/mol. The molecule has 1 rings (SSSR count). The van der Waals surface area contributed by atoms with E-state index in [0.29, 0.717) is 13.1 Å². The Bertz CT molecular complexity index is 113. The molecule has 0 bridgehead atoms. The zero-order valence-electron chi connectivity index (χ0n) is 7.57. The first-order chi connectivity index (χ1) is 5.20. The Morgan fingerprint density at radius 3 is 2.45 bits per heavy atom. The first kappa shape index (κ1) is 8.98. The molecule has 0 aromatic rings. The number of unbranched alkanes of at least 4 members (excludes halogenated alkanes) is 1. The molecule has 1 heterocycles. The van der Waals surface area contributed by atoms with E-state index in [1.54, 1.807) is 0 Å². The maximum atomic E-state index is 13.5. The Labute approximate surface area is 68.6 Å². The van der Waals surface area contributed by atoms with Gasteiger partial charge < -0.3 is 0 Å². The van der Waals surface area contributed by atoms with Gasteiger partial charge in [0.05, 0.1) is 0 Å². The summed E-state index contributed by atoms with van der Waals surface area (Å²) in [6.07, 6.45) is 2.91. The van der Waals surface area contributed by atoms with Crippen LogP contribution in [-0.2, 0) is 0 Å². The highest BCUT2D eigenvalue weighted by molar-refractivity contribution is 4.94. The van der Waals surface area contributed by atoms with Gasteiger partial charge in [0.25, 0.3) is 0 Å². The van der Waals surface area contributed by atoms with Crippen molar-refractivity contribution in [3.05, 3.63) is 0 Å². The number of hydrogen-bond acceptors (Lipinski definition) is 1. The summed E-state index contributed by atoms with van der Waals surface area (Å²) < 4.78 is 13.5. The Kier molecular flexibility index (Phi) is 2.88. The highest BCUT2D eigenvalue weighted by Gasteiger charge is 2.41. The Morgan fingerprint density at radius 1 is 1.36 bits per heavy atom. The van der Waals surface area contributed by atoms with Crippen LogP contribution in [0, 0.1) is 0 Å². The molecule has 1 fully saturated rings. The van der Waals surface area contributed by atoms with Gasteiger partial charge in [0.15, 0.2) is 0 Å². The average molecular weight is 159 g/mol. The fourth-order valence-electron chi connectivity index (χ4n) is 1.63. The predicted octanol–water partition coefficient (Wildman–Crippen LogP) is 2.22.